The van der Waals surface area contributed by atoms with Gasteiger partial charge in [-0.15, -0.1) is 5.10 Å². The number of ether oxygens (including phenoxy) is 2. The summed E-state index contributed by atoms with van der Waals surface area (Å²) in [6.45, 7) is 3.50. The molecule has 1 saturated heterocycles. The molecule has 184 valence electrons. The van der Waals surface area contributed by atoms with Gasteiger partial charge in [0.25, 0.3) is 0 Å². The number of pyridine rings is 1. The first-order valence-electron chi connectivity index (χ1n) is 12.4. The summed E-state index contributed by atoms with van der Waals surface area (Å²) in [5.74, 6) is 1.95. The monoisotopic (exact) mass is 484 g/mol. The standard InChI is InChI=1S/C27H28N6O3/c34-26(18-32-12-2-1-3-13-32)28-20-6-4-7-21(17-20)29-27-30-25-9-5-8-22(33(25)31-27)19-10-11-23-24(16-19)36-15-14-35-23/h4-11,16-17H,1-3,12-15,18H2,(H,28,34)(H,29,31). The SMILES string of the molecule is O=C(CN1CCCCC1)Nc1cccc(Nc2nc3cccc(-c4ccc5c(c4)OCCO5)n3n2)c1. The summed E-state index contributed by atoms with van der Waals surface area (Å²) in [4.78, 5) is 19.4. The number of aromatic nitrogens is 3. The van der Waals surface area contributed by atoms with E-state index < -0.39 is 0 Å². The van der Waals surface area contributed by atoms with Crippen molar-refractivity contribution in [1.29, 1.82) is 0 Å². The maximum absolute atomic E-state index is 12.5. The number of rotatable bonds is 6. The van der Waals surface area contributed by atoms with E-state index in [9.17, 15) is 4.79 Å². The molecular formula is C27H28N6O3. The van der Waals surface area contributed by atoms with Crippen LogP contribution in [0.2, 0.25) is 0 Å². The van der Waals surface area contributed by atoms with Crippen molar-refractivity contribution < 1.29 is 14.3 Å². The molecule has 0 radical (unpaired) electrons. The van der Waals surface area contributed by atoms with Crippen LogP contribution in [0.3, 0.4) is 0 Å². The molecule has 0 saturated carbocycles. The molecule has 2 N–H and O–H groups in total. The van der Waals surface area contributed by atoms with Gasteiger partial charge in [-0.2, -0.15) is 4.98 Å². The molecule has 6 rings (SSSR count). The molecule has 9 nitrogen and oxygen atoms in total. The van der Waals surface area contributed by atoms with Crippen LogP contribution in [0.25, 0.3) is 16.9 Å². The molecule has 2 aromatic heterocycles. The first kappa shape index (κ1) is 22.4. The van der Waals surface area contributed by atoms with Gasteiger partial charge in [-0.25, -0.2) is 4.52 Å². The molecule has 9 heteroatoms. The zero-order valence-corrected chi connectivity index (χ0v) is 19.9. The maximum Gasteiger partial charge on any atom is 0.247 e. The Morgan fingerprint density at radius 3 is 2.58 bits per heavy atom. The van der Waals surface area contributed by atoms with Crippen molar-refractivity contribution in [3.05, 3.63) is 60.7 Å². The van der Waals surface area contributed by atoms with Crippen molar-refractivity contribution in [3.8, 4) is 22.8 Å². The highest BCUT2D eigenvalue weighted by Gasteiger charge is 2.16. The fourth-order valence-electron chi connectivity index (χ4n) is 4.70. The number of fused-ring (bicyclic) bond motifs is 2. The van der Waals surface area contributed by atoms with Gasteiger partial charge in [0.15, 0.2) is 17.1 Å². The molecule has 2 aliphatic rings. The average molecular weight is 485 g/mol. The Hall–Kier alpha value is -4.11. The minimum Gasteiger partial charge on any atom is -0.486 e. The second-order valence-corrected chi connectivity index (χ2v) is 9.07. The molecule has 36 heavy (non-hydrogen) atoms. The zero-order valence-electron chi connectivity index (χ0n) is 19.9. The fourth-order valence-corrected chi connectivity index (χ4v) is 4.70. The van der Waals surface area contributed by atoms with Crippen LogP contribution in [0.1, 0.15) is 19.3 Å². The lowest BCUT2D eigenvalue weighted by molar-refractivity contribution is -0.117. The van der Waals surface area contributed by atoms with Crippen molar-refractivity contribution >= 4 is 28.9 Å². The summed E-state index contributed by atoms with van der Waals surface area (Å²) in [5, 5.41) is 11.0. The minimum absolute atomic E-state index is 0.00368. The van der Waals surface area contributed by atoms with E-state index in [2.05, 4.69) is 20.5 Å². The lowest BCUT2D eigenvalue weighted by Gasteiger charge is -2.25. The predicted octanol–water partition coefficient (Wildman–Crippen LogP) is 4.34. The van der Waals surface area contributed by atoms with E-state index in [1.807, 2.05) is 60.7 Å². The van der Waals surface area contributed by atoms with Gasteiger partial charge >= 0.3 is 0 Å². The summed E-state index contributed by atoms with van der Waals surface area (Å²) >= 11 is 0. The zero-order chi connectivity index (χ0) is 24.3. The number of hydrogen-bond donors (Lipinski definition) is 2. The average Bonchev–Trinajstić information content (AvgIpc) is 3.31. The van der Waals surface area contributed by atoms with E-state index in [0.717, 1.165) is 65.7 Å². The highest BCUT2D eigenvalue weighted by molar-refractivity contribution is 5.92. The fraction of sp³-hybridized carbons (Fsp3) is 0.296. The molecule has 2 aliphatic heterocycles. The van der Waals surface area contributed by atoms with Gasteiger partial charge in [0.05, 0.1) is 12.2 Å². The van der Waals surface area contributed by atoms with Crippen molar-refractivity contribution in [3.63, 3.8) is 0 Å². The number of nitrogens with one attached hydrogen (secondary N) is 2. The second kappa shape index (κ2) is 9.87. The van der Waals surface area contributed by atoms with Gasteiger partial charge in [0, 0.05) is 16.9 Å². The molecule has 2 aromatic carbocycles. The van der Waals surface area contributed by atoms with Crippen LogP contribution in [0.15, 0.2) is 60.7 Å². The van der Waals surface area contributed by atoms with Crippen molar-refractivity contribution in [2.45, 2.75) is 19.3 Å². The van der Waals surface area contributed by atoms with Crippen LogP contribution < -0.4 is 20.1 Å². The van der Waals surface area contributed by atoms with Crippen LogP contribution in [0, 0.1) is 0 Å². The first-order valence-corrected chi connectivity index (χ1v) is 12.4. The maximum atomic E-state index is 12.5. The largest absolute Gasteiger partial charge is 0.486 e. The number of likely N-dealkylation sites (tertiary alicyclic amines) is 1. The number of piperidine rings is 1. The number of nitrogens with zero attached hydrogens (tertiary/aromatic N) is 4. The van der Waals surface area contributed by atoms with E-state index >= 15 is 0 Å². The molecule has 0 bridgehead atoms. The van der Waals surface area contributed by atoms with Gasteiger partial charge < -0.3 is 20.1 Å². The second-order valence-electron chi connectivity index (χ2n) is 9.07. The Kier molecular flexibility index (Phi) is 6.13. The number of carbonyl (C=O) groups excluding carboxylic acids is 1. The molecule has 1 amide bonds. The van der Waals surface area contributed by atoms with E-state index in [-0.39, 0.29) is 5.91 Å². The van der Waals surface area contributed by atoms with Gasteiger partial charge in [-0.1, -0.05) is 18.6 Å². The molecule has 0 unspecified atom stereocenters. The lowest BCUT2D eigenvalue weighted by Crippen LogP contribution is -2.36. The van der Waals surface area contributed by atoms with Crippen LogP contribution in [0.5, 0.6) is 11.5 Å². The smallest absolute Gasteiger partial charge is 0.247 e. The molecule has 4 aromatic rings. The van der Waals surface area contributed by atoms with E-state index in [1.165, 1.54) is 6.42 Å². The predicted molar refractivity (Wildman–Crippen MR) is 138 cm³/mol. The van der Waals surface area contributed by atoms with Crippen LogP contribution in [0.4, 0.5) is 17.3 Å². The van der Waals surface area contributed by atoms with Crippen molar-refractivity contribution in [1.82, 2.24) is 19.5 Å². The highest BCUT2D eigenvalue weighted by atomic mass is 16.6. The quantitative estimate of drug-likeness (QED) is 0.421. The number of anilines is 3. The third kappa shape index (κ3) is 4.83. The Morgan fingerprint density at radius 2 is 1.69 bits per heavy atom. The third-order valence-corrected chi connectivity index (χ3v) is 6.42. The number of carbonyl (C=O) groups is 1. The molecule has 4 heterocycles. The number of amides is 1. The van der Waals surface area contributed by atoms with E-state index in [0.29, 0.717) is 25.7 Å². The van der Waals surface area contributed by atoms with Crippen molar-refractivity contribution in [2.75, 3.05) is 43.5 Å². The van der Waals surface area contributed by atoms with Crippen LogP contribution in [-0.4, -0.2) is 58.3 Å². The third-order valence-electron chi connectivity index (χ3n) is 6.42. The van der Waals surface area contributed by atoms with Gasteiger partial charge in [0.1, 0.15) is 13.2 Å². The normalized spacial score (nSPS) is 15.6. The van der Waals surface area contributed by atoms with E-state index in [1.54, 1.807) is 4.52 Å². The Labute approximate surface area is 209 Å². The molecule has 0 atom stereocenters. The topological polar surface area (TPSA) is 93.0 Å². The summed E-state index contributed by atoms with van der Waals surface area (Å²) in [7, 11) is 0. The Balaban J connectivity index is 1.19. The van der Waals surface area contributed by atoms with Gasteiger partial charge in [0.2, 0.25) is 11.9 Å². The van der Waals surface area contributed by atoms with Gasteiger partial charge in [-0.3, -0.25) is 9.69 Å². The highest BCUT2D eigenvalue weighted by Crippen LogP contribution is 2.34. The summed E-state index contributed by atoms with van der Waals surface area (Å²) < 4.78 is 13.2. The summed E-state index contributed by atoms with van der Waals surface area (Å²) in [5.41, 5.74) is 4.10. The molecule has 1 fully saturated rings. The first-order chi connectivity index (χ1) is 17.7. The van der Waals surface area contributed by atoms with Crippen LogP contribution >= 0.6 is 0 Å². The Morgan fingerprint density at radius 1 is 0.889 bits per heavy atom. The molecule has 0 aliphatic carbocycles. The molecular weight excluding hydrogens is 456 g/mol. The van der Waals surface area contributed by atoms with Crippen molar-refractivity contribution in [2.24, 2.45) is 0 Å². The van der Waals surface area contributed by atoms with E-state index in [4.69, 9.17) is 14.6 Å². The summed E-state index contributed by atoms with van der Waals surface area (Å²) in [6, 6.07) is 19.3. The molecule has 0 spiro atoms. The van der Waals surface area contributed by atoms with Gasteiger partial charge in [-0.05, 0) is 74.5 Å². The lowest BCUT2D eigenvalue weighted by atomic mass is 10.1. The number of hydrogen-bond acceptors (Lipinski definition) is 7. The number of benzene rings is 2. The summed E-state index contributed by atoms with van der Waals surface area (Å²) in [6.07, 6.45) is 3.57. The Bertz CT molecular complexity index is 1400. The van der Waals surface area contributed by atoms with Crippen LogP contribution in [-0.2, 0) is 4.79 Å². The minimum atomic E-state index is 0.00368.